The van der Waals surface area contributed by atoms with Crippen LogP contribution < -0.4 is 15.4 Å². The van der Waals surface area contributed by atoms with E-state index >= 15 is 0 Å². The first kappa shape index (κ1) is 18.4. The molecule has 2 aromatic rings. The minimum Gasteiger partial charge on any atom is -0.482 e. The number of nitrogens with two attached hydrogens (primary N) is 1. The van der Waals surface area contributed by atoms with Crippen molar-refractivity contribution in [1.82, 2.24) is 0 Å². The molecule has 3 rings (SSSR count). The zero-order valence-corrected chi connectivity index (χ0v) is 14.7. The highest BCUT2D eigenvalue weighted by Gasteiger charge is 2.23. The average Bonchev–Trinajstić information content (AvgIpc) is 3.11. The lowest BCUT2D eigenvalue weighted by Gasteiger charge is -2.17. The summed E-state index contributed by atoms with van der Waals surface area (Å²) < 4.78 is 10.5. The summed E-state index contributed by atoms with van der Waals surface area (Å²) in [6, 6.07) is 15.4. The fourth-order valence-electron chi connectivity index (χ4n) is 2.87. The second-order valence-corrected chi connectivity index (χ2v) is 6.11. The lowest BCUT2D eigenvalue weighted by Crippen LogP contribution is -2.28. The molecule has 0 radical (unpaired) electrons. The van der Waals surface area contributed by atoms with Crippen LogP contribution in [0.5, 0.6) is 5.75 Å². The molecule has 140 valence electrons. The zero-order chi connectivity index (χ0) is 19.2. The summed E-state index contributed by atoms with van der Waals surface area (Å²) in [7, 11) is 0. The van der Waals surface area contributed by atoms with Gasteiger partial charge < -0.3 is 20.1 Å². The van der Waals surface area contributed by atoms with Gasteiger partial charge >= 0.3 is 5.97 Å². The van der Waals surface area contributed by atoms with Crippen LogP contribution in [0.1, 0.15) is 24.5 Å². The maximum atomic E-state index is 12.0. The minimum atomic E-state index is -1.16. The summed E-state index contributed by atoms with van der Waals surface area (Å²) in [5.74, 6) is -0.904. The number of carbonyl (C=O) groups is 3. The Labute approximate surface area is 156 Å². The summed E-state index contributed by atoms with van der Waals surface area (Å²) in [4.78, 5) is 37.0. The van der Waals surface area contributed by atoms with Gasteiger partial charge in [-0.3, -0.25) is 9.59 Å². The molecule has 7 heteroatoms. The number of carbonyl (C=O) groups excluding carboxylic acids is 3. The molecule has 0 aromatic heterocycles. The molecule has 0 saturated carbocycles. The molecule has 1 heterocycles. The first-order valence-electron chi connectivity index (χ1n) is 8.61. The van der Waals surface area contributed by atoms with Crippen molar-refractivity contribution < 1.29 is 23.9 Å². The van der Waals surface area contributed by atoms with E-state index in [9.17, 15) is 14.4 Å². The highest BCUT2D eigenvalue weighted by molar-refractivity contribution is 5.95. The Morgan fingerprint density at radius 1 is 1.07 bits per heavy atom. The van der Waals surface area contributed by atoms with Crippen LogP contribution in [0.3, 0.4) is 0 Å². The number of anilines is 1. The first-order chi connectivity index (χ1) is 13.0. The van der Waals surface area contributed by atoms with Gasteiger partial charge in [-0.15, -0.1) is 0 Å². The Morgan fingerprint density at radius 2 is 1.78 bits per heavy atom. The second kappa shape index (κ2) is 8.35. The molecule has 0 bridgehead atoms. The highest BCUT2D eigenvalue weighted by Crippen LogP contribution is 2.24. The molecule has 1 fully saturated rings. The third-order valence-corrected chi connectivity index (χ3v) is 4.19. The number of primary amides is 1. The number of hydrogen-bond donors (Lipinski definition) is 1. The fraction of sp³-hybridized carbons (Fsp3) is 0.250. The van der Waals surface area contributed by atoms with Gasteiger partial charge in [0.25, 0.3) is 5.91 Å². The SMILES string of the molecule is NC(=O)C(OC(=O)COc1ccc(N2CCCC2=O)cc1)c1ccccc1. The van der Waals surface area contributed by atoms with Crippen LogP contribution in [-0.4, -0.2) is 30.9 Å². The average molecular weight is 368 g/mol. The van der Waals surface area contributed by atoms with Crippen LogP contribution in [0.2, 0.25) is 0 Å². The maximum absolute atomic E-state index is 12.0. The molecule has 1 atom stereocenters. The van der Waals surface area contributed by atoms with Crippen LogP contribution >= 0.6 is 0 Å². The van der Waals surface area contributed by atoms with Crippen LogP contribution in [0.15, 0.2) is 54.6 Å². The summed E-state index contributed by atoms with van der Waals surface area (Å²) in [6.45, 7) is 0.345. The number of nitrogens with zero attached hydrogens (tertiary/aromatic N) is 1. The van der Waals surface area contributed by atoms with Crippen molar-refractivity contribution >= 4 is 23.5 Å². The molecule has 1 saturated heterocycles. The van der Waals surface area contributed by atoms with Gasteiger partial charge in [0.2, 0.25) is 12.0 Å². The van der Waals surface area contributed by atoms with Gasteiger partial charge in [-0.2, -0.15) is 0 Å². The molecular weight excluding hydrogens is 348 g/mol. The van der Waals surface area contributed by atoms with Gasteiger partial charge in [-0.1, -0.05) is 30.3 Å². The zero-order valence-electron chi connectivity index (χ0n) is 14.7. The van der Waals surface area contributed by atoms with Crippen LogP contribution in [0, 0.1) is 0 Å². The van der Waals surface area contributed by atoms with Gasteiger partial charge in [0, 0.05) is 24.2 Å². The van der Waals surface area contributed by atoms with E-state index in [0.29, 0.717) is 24.3 Å². The van der Waals surface area contributed by atoms with E-state index in [0.717, 1.165) is 12.1 Å². The van der Waals surface area contributed by atoms with Crippen LogP contribution in [0.25, 0.3) is 0 Å². The third kappa shape index (κ3) is 4.63. The predicted octanol–water partition coefficient (Wildman–Crippen LogP) is 1.96. The molecule has 1 aliphatic heterocycles. The largest absolute Gasteiger partial charge is 0.482 e. The van der Waals surface area contributed by atoms with Crippen molar-refractivity contribution in [3.05, 3.63) is 60.2 Å². The van der Waals surface area contributed by atoms with Crippen molar-refractivity contribution in [2.75, 3.05) is 18.1 Å². The third-order valence-electron chi connectivity index (χ3n) is 4.19. The number of hydrogen-bond acceptors (Lipinski definition) is 5. The molecule has 2 amide bonds. The van der Waals surface area contributed by atoms with E-state index in [2.05, 4.69) is 0 Å². The van der Waals surface area contributed by atoms with Gasteiger partial charge in [0.15, 0.2) is 6.61 Å². The monoisotopic (exact) mass is 368 g/mol. The van der Waals surface area contributed by atoms with E-state index in [1.54, 1.807) is 59.5 Å². The van der Waals surface area contributed by atoms with Gasteiger partial charge in [-0.05, 0) is 30.7 Å². The number of ether oxygens (including phenoxy) is 2. The smallest absolute Gasteiger partial charge is 0.345 e. The lowest BCUT2D eigenvalue weighted by molar-refractivity contribution is -0.157. The lowest BCUT2D eigenvalue weighted by atomic mass is 10.1. The Kier molecular flexibility index (Phi) is 5.71. The molecule has 7 nitrogen and oxygen atoms in total. The van der Waals surface area contributed by atoms with Gasteiger partial charge in [-0.25, -0.2) is 4.79 Å². The van der Waals surface area contributed by atoms with Crippen molar-refractivity contribution in [3.8, 4) is 5.75 Å². The first-order valence-corrected chi connectivity index (χ1v) is 8.61. The molecule has 1 unspecified atom stereocenters. The molecule has 2 N–H and O–H groups in total. The van der Waals surface area contributed by atoms with E-state index in [1.807, 2.05) is 0 Å². The van der Waals surface area contributed by atoms with Gasteiger partial charge in [0.05, 0.1) is 0 Å². The molecule has 0 spiro atoms. The molecule has 0 aliphatic carbocycles. The van der Waals surface area contributed by atoms with E-state index in [1.165, 1.54) is 0 Å². The Bertz CT molecular complexity index is 820. The van der Waals surface area contributed by atoms with E-state index in [4.69, 9.17) is 15.2 Å². The quantitative estimate of drug-likeness (QED) is 0.753. The predicted molar refractivity (Wildman–Crippen MR) is 98.0 cm³/mol. The summed E-state index contributed by atoms with van der Waals surface area (Å²) in [5, 5.41) is 0. The number of esters is 1. The summed E-state index contributed by atoms with van der Waals surface area (Å²) in [5.41, 5.74) is 6.62. The Hall–Kier alpha value is -3.35. The molecule has 27 heavy (non-hydrogen) atoms. The Balaban J connectivity index is 1.55. The minimum absolute atomic E-state index is 0.102. The maximum Gasteiger partial charge on any atom is 0.345 e. The van der Waals surface area contributed by atoms with Crippen molar-refractivity contribution in [3.63, 3.8) is 0 Å². The van der Waals surface area contributed by atoms with Crippen molar-refractivity contribution in [2.24, 2.45) is 5.73 Å². The normalized spacial score (nSPS) is 14.7. The highest BCUT2D eigenvalue weighted by atomic mass is 16.6. The van der Waals surface area contributed by atoms with E-state index in [-0.39, 0.29) is 12.5 Å². The number of benzene rings is 2. The van der Waals surface area contributed by atoms with E-state index < -0.39 is 18.0 Å². The molecule has 1 aliphatic rings. The topological polar surface area (TPSA) is 98.9 Å². The van der Waals surface area contributed by atoms with Crippen LogP contribution in [-0.2, 0) is 19.1 Å². The summed E-state index contributed by atoms with van der Waals surface area (Å²) >= 11 is 0. The van der Waals surface area contributed by atoms with Gasteiger partial charge in [0.1, 0.15) is 5.75 Å². The number of rotatable bonds is 7. The van der Waals surface area contributed by atoms with Crippen molar-refractivity contribution in [2.45, 2.75) is 18.9 Å². The summed E-state index contributed by atoms with van der Waals surface area (Å²) in [6.07, 6.45) is 0.253. The standard InChI is InChI=1S/C20H20N2O5/c21-20(25)19(14-5-2-1-3-6-14)27-18(24)13-26-16-10-8-15(9-11-16)22-12-4-7-17(22)23/h1-3,5-6,8-11,19H,4,7,12-13H2,(H2,21,25). The van der Waals surface area contributed by atoms with Crippen LogP contribution in [0.4, 0.5) is 5.69 Å². The van der Waals surface area contributed by atoms with Crippen molar-refractivity contribution in [1.29, 1.82) is 0 Å². The number of amides is 2. The second-order valence-electron chi connectivity index (χ2n) is 6.11. The molecular formula is C20H20N2O5. The Morgan fingerprint density at radius 3 is 2.37 bits per heavy atom. The fourth-order valence-corrected chi connectivity index (χ4v) is 2.87. The molecule has 2 aromatic carbocycles.